The lowest BCUT2D eigenvalue weighted by atomic mass is 10.1. The first kappa shape index (κ1) is 14.6. The molecule has 1 unspecified atom stereocenters. The van der Waals surface area contributed by atoms with Crippen molar-refractivity contribution in [3.8, 4) is 11.1 Å². The van der Waals surface area contributed by atoms with Crippen LogP contribution in [0.25, 0.3) is 11.1 Å². The minimum Gasteiger partial charge on any atom is -0.330 e. The third-order valence-corrected chi connectivity index (χ3v) is 4.33. The largest absolute Gasteiger partial charge is 0.330 e. The second-order valence-corrected chi connectivity index (χ2v) is 5.92. The minimum absolute atomic E-state index is 0.181. The summed E-state index contributed by atoms with van der Waals surface area (Å²) in [5, 5.41) is 4.23. The van der Waals surface area contributed by atoms with E-state index in [1.807, 2.05) is 56.4 Å². The summed E-state index contributed by atoms with van der Waals surface area (Å²) in [4.78, 5) is 15.5. The molecular weight excluding hydrogens is 300 g/mol. The standard InChI is InChI=1S/C18H18N6/c1-13(14-3-5-19-6-4-14)24-12-20-8-16-7-15(9-21-18(16)24)17-10-22-23(2)11-17/h3-11,13H,12H2,1-2H3. The van der Waals surface area contributed by atoms with Crippen LogP contribution in [0.3, 0.4) is 0 Å². The molecule has 0 N–H and O–H groups in total. The van der Waals surface area contributed by atoms with E-state index in [9.17, 15) is 0 Å². The topological polar surface area (TPSA) is 59.2 Å². The Morgan fingerprint density at radius 1 is 1.12 bits per heavy atom. The lowest BCUT2D eigenvalue weighted by Crippen LogP contribution is -2.31. The summed E-state index contributed by atoms with van der Waals surface area (Å²) in [5.74, 6) is 0.960. The second kappa shape index (κ2) is 5.88. The van der Waals surface area contributed by atoms with E-state index in [2.05, 4.69) is 33.0 Å². The maximum Gasteiger partial charge on any atom is 0.139 e. The van der Waals surface area contributed by atoms with Gasteiger partial charge in [-0.3, -0.25) is 14.7 Å². The molecule has 6 heteroatoms. The van der Waals surface area contributed by atoms with Gasteiger partial charge in [-0.2, -0.15) is 5.10 Å². The van der Waals surface area contributed by atoms with Crippen molar-refractivity contribution in [3.05, 3.63) is 60.3 Å². The number of aromatic nitrogens is 4. The molecule has 4 rings (SSSR count). The predicted octanol–water partition coefficient (Wildman–Crippen LogP) is 2.83. The zero-order valence-corrected chi connectivity index (χ0v) is 13.7. The smallest absolute Gasteiger partial charge is 0.139 e. The van der Waals surface area contributed by atoms with Gasteiger partial charge in [0.1, 0.15) is 12.5 Å². The summed E-state index contributed by atoms with van der Waals surface area (Å²) in [6.45, 7) is 2.77. The van der Waals surface area contributed by atoms with E-state index in [1.54, 1.807) is 4.68 Å². The van der Waals surface area contributed by atoms with Crippen LogP contribution in [0.1, 0.15) is 24.1 Å². The number of aliphatic imine (C=N–C) groups is 1. The van der Waals surface area contributed by atoms with Crippen molar-refractivity contribution in [1.29, 1.82) is 0 Å². The Morgan fingerprint density at radius 3 is 2.71 bits per heavy atom. The fourth-order valence-electron chi connectivity index (χ4n) is 2.96. The molecule has 1 atom stereocenters. The average molecular weight is 318 g/mol. The van der Waals surface area contributed by atoms with E-state index >= 15 is 0 Å². The Balaban J connectivity index is 1.70. The monoisotopic (exact) mass is 318 g/mol. The molecule has 3 aromatic heterocycles. The molecule has 1 aliphatic heterocycles. The third-order valence-electron chi connectivity index (χ3n) is 4.33. The van der Waals surface area contributed by atoms with Gasteiger partial charge >= 0.3 is 0 Å². The van der Waals surface area contributed by atoms with Gasteiger partial charge in [-0.05, 0) is 30.7 Å². The van der Waals surface area contributed by atoms with E-state index in [4.69, 9.17) is 4.98 Å². The zero-order valence-electron chi connectivity index (χ0n) is 13.7. The van der Waals surface area contributed by atoms with Crippen molar-refractivity contribution >= 4 is 12.0 Å². The highest BCUT2D eigenvalue weighted by molar-refractivity contribution is 5.90. The zero-order chi connectivity index (χ0) is 16.5. The van der Waals surface area contributed by atoms with Gasteiger partial charge in [0, 0.05) is 54.7 Å². The van der Waals surface area contributed by atoms with E-state index in [0.717, 1.165) is 22.5 Å². The molecular formula is C18H18N6. The Kier molecular flexibility index (Phi) is 3.57. The molecule has 0 aromatic carbocycles. The van der Waals surface area contributed by atoms with Crippen molar-refractivity contribution < 1.29 is 0 Å². The summed E-state index contributed by atoms with van der Waals surface area (Å²) < 4.78 is 1.79. The third kappa shape index (κ3) is 2.56. The van der Waals surface area contributed by atoms with Gasteiger partial charge in [-0.15, -0.1) is 0 Å². The Morgan fingerprint density at radius 2 is 1.96 bits per heavy atom. The molecule has 0 spiro atoms. The Labute approximate surface area is 140 Å². The fraction of sp³-hybridized carbons (Fsp3) is 0.222. The molecule has 24 heavy (non-hydrogen) atoms. The van der Waals surface area contributed by atoms with Crippen molar-refractivity contribution in [2.75, 3.05) is 11.6 Å². The van der Waals surface area contributed by atoms with Gasteiger partial charge in [0.25, 0.3) is 0 Å². The van der Waals surface area contributed by atoms with Crippen LogP contribution >= 0.6 is 0 Å². The minimum atomic E-state index is 0.181. The lowest BCUT2D eigenvalue weighted by molar-refractivity contribution is 0.665. The first-order valence-electron chi connectivity index (χ1n) is 7.88. The van der Waals surface area contributed by atoms with Gasteiger partial charge in [0.05, 0.1) is 12.2 Å². The molecule has 120 valence electrons. The maximum absolute atomic E-state index is 4.71. The van der Waals surface area contributed by atoms with E-state index in [1.165, 1.54) is 5.56 Å². The highest BCUT2D eigenvalue weighted by Gasteiger charge is 2.22. The number of anilines is 1. The normalized spacial score (nSPS) is 14.5. The van der Waals surface area contributed by atoms with Crippen LogP contribution in [0.4, 0.5) is 5.82 Å². The first-order chi connectivity index (χ1) is 11.7. The van der Waals surface area contributed by atoms with Crippen LogP contribution in [0.5, 0.6) is 0 Å². The van der Waals surface area contributed by atoms with E-state index in [-0.39, 0.29) is 6.04 Å². The second-order valence-electron chi connectivity index (χ2n) is 5.92. The van der Waals surface area contributed by atoms with Gasteiger partial charge < -0.3 is 4.90 Å². The molecule has 1 aliphatic rings. The van der Waals surface area contributed by atoms with Crippen molar-refractivity contribution in [2.24, 2.45) is 12.0 Å². The van der Waals surface area contributed by atoms with Crippen LogP contribution in [0, 0.1) is 0 Å². The van der Waals surface area contributed by atoms with Crippen LogP contribution in [-0.4, -0.2) is 32.6 Å². The molecule has 4 heterocycles. The quantitative estimate of drug-likeness (QED) is 0.745. The van der Waals surface area contributed by atoms with Gasteiger partial charge in [-0.1, -0.05) is 0 Å². The molecule has 0 radical (unpaired) electrons. The Hall–Kier alpha value is -3.02. The van der Waals surface area contributed by atoms with Crippen LogP contribution in [0.2, 0.25) is 0 Å². The highest BCUT2D eigenvalue weighted by Crippen LogP contribution is 2.31. The predicted molar refractivity (Wildman–Crippen MR) is 94.0 cm³/mol. The number of nitrogens with zero attached hydrogens (tertiary/aromatic N) is 6. The number of aryl methyl sites for hydroxylation is 1. The Bertz CT molecular complexity index is 884. The van der Waals surface area contributed by atoms with Crippen molar-refractivity contribution in [2.45, 2.75) is 13.0 Å². The molecule has 0 aliphatic carbocycles. The summed E-state index contributed by atoms with van der Waals surface area (Å²) in [5.41, 5.74) is 4.34. The number of rotatable bonds is 3. The van der Waals surface area contributed by atoms with Gasteiger partial charge in [0.15, 0.2) is 0 Å². The summed E-state index contributed by atoms with van der Waals surface area (Å²) >= 11 is 0. The van der Waals surface area contributed by atoms with Crippen LogP contribution in [-0.2, 0) is 7.05 Å². The van der Waals surface area contributed by atoms with Crippen molar-refractivity contribution in [1.82, 2.24) is 19.7 Å². The maximum atomic E-state index is 4.71. The van der Waals surface area contributed by atoms with Crippen LogP contribution in [0.15, 0.2) is 54.2 Å². The lowest BCUT2D eigenvalue weighted by Gasteiger charge is -2.32. The van der Waals surface area contributed by atoms with Crippen LogP contribution < -0.4 is 4.90 Å². The average Bonchev–Trinajstić information content (AvgIpc) is 3.07. The van der Waals surface area contributed by atoms with Gasteiger partial charge in [-0.25, -0.2) is 4.98 Å². The van der Waals surface area contributed by atoms with Crippen molar-refractivity contribution in [3.63, 3.8) is 0 Å². The molecule has 0 fully saturated rings. The number of hydrogen-bond donors (Lipinski definition) is 0. The molecule has 0 bridgehead atoms. The summed E-state index contributed by atoms with van der Waals surface area (Å²) in [6.07, 6.45) is 11.3. The molecule has 0 amide bonds. The number of hydrogen-bond acceptors (Lipinski definition) is 5. The SMILES string of the molecule is CC(c1ccncc1)N1CN=Cc2cc(-c3cnn(C)c3)cnc21. The van der Waals surface area contributed by atoms with Gasteiger partial charge in [0.2, 0.25) is 0 Å². The fourth-order valence-corrected chi connectivity index (χ4v) is 2.96. The number of pyridine rings is 2. The first-order valence-corrected chi connectivity index (χ1v) is 7.88. The molecule has 6 nitrogen and oxygen atoms in total. The highest BCUT2D eigenvalue weighted by atomic mass is 15.3. The summed E-state index contributed by atoms with van der Waals surface area (Å²) in [7, 11) is 1.91. The molecule has 0 saturated carbocycles. The van der Waals surface area contributed by atoms with E-state index < -0.39 is 0 Å². The molecule has 3 aromatic rings. The van der Waals surface area contributed by atoms with E-state index in [0.29, 0.717) is 6.67 Å². The number of fused-ring (bicyclic) bond motifs is 1. The summed E-state index contributed by atoms with van der Waals surface area (Å²) in [6, 6.07) is 6.37. The molecule has 0 saturated heterocycles.